The number of rotatable bonds is 3. The lowest BCUT2D eigenvalue weighted by atomic mass is 10.1. The molecule has 4 nitrogen and oxygen atoms in total. The summed E-state index contributed by atoms with van der Waals surface area (Å²) in [7, 11) is 0. The number of aliphatic imine (C=N–C) groups is 1. The summed E-state index contributed by atoms with van der Waals surface area (Å²) >= 11 is 0. The molecule has 0 fully saturated rings. The summed E-state index contributed by atoms with van der Waals surface area (Å²) in [4.78, 5) is 17.6. The van der Waals surface area contributed by atoms with E-state index in [2.05, 4.69) is 17.2 Å². The molecule has 1 aliphatic heterocycles. The fraction of sp³-hybridized carbons (Fsp3) is 0.176. The summed E-state index contributed by atoms with van der Waals surface area (Å²) in [6, 6.07) is 14.0. The average molecular weight is 334 g/mol. The number of carbonyl (C=O) groups is 1. The van der Waals surface area contributed by atoms with Crippen LogP contribution in [0, 0.1) is 5.82 Å². The lowest BCUT2D eigenvalue weighted by molar-refractivity contribution is -0.115. The SMILES string of the molecule is CCc1ccccc1NC1=NCC(=O)N1c1ccccc1F.Cl. The molecular weight excluding hydrogens is 317 g/mol. The Morgan fingerprint density at radius 1 is 1.17 bits per heavy atom. The van der Waals surface area contributed by atoms with Crippen LogP contribution in [0.4, 0.5) is 15.8 Å². The van der Waals surface area contributed by atoms with E-state index in [1.165, 1.54) is 11.0 Å². The van der Waals surface area contributed by atoms with E-state index in [-0.39, 0.29) is 30.5 Å². The molecule has 1 amide bonds. The molecule has 1 aliphatic rings. The van der Waals surface area contributed by atoms with Crippen molar-refractivity contribution in [1.29, 1.82) is 0 Å². The minimum Gasteiger partial charge on any atom is -0.325 e. The van der Waals surface area contributed by atoms with Gasteiger partial charge in [0.2, 0.25) is 5.96 Å². The van der Waals surface area contributed by atoms with Crippen LogP contribution in [0.5, 0.6) is 0 Å². The van der Waals surface area contributed by atoms with E-state index in [1.807, 2.05) is 24.3 Å². The van der Waals surface area contributed by atoms with Crippen LogP contribution in [0.2, 0.25) is 0 Å². The number of carbonyl (C=O) groups excluding carboxylic acids is 1. The number of aryl methyl sites for hydroxylation is 1. The smallest absolute Gasteiger partial charge is 0.255 e. The van der Waals surface area contributed by atoms with Gasteiger partial charge in [-0.15, -0.1) is 12.4 Å². The zero-order valence-corrected chi connectivity index (χ0v) is 13.4. The summed E-state index contributed by atoms with van der Waals surface area (Å²) in [6.07, 6.45) is 0.851. The van der Waals surface area contributed by atoms with E-state index in [9.17, 15) is 9.18 Å². The number of benzene rings is 2. The maximum absolute atomic E-state index is 14.0. The van der Waals surface area contributed by atoms with Crippen molar-refractivity contribution in [3.63, 3.8) is 0 Å². The molecule has 0 bridgehead atoms. The molecule has 0 saturated heterocycles. The maximum Gasteiger partial charge on any atom is 0.255 e. The van der Waals surface area contributed by atoms with Gasteiger partial charge in [-0.3, -0.25) is 4.79 Å². The number of nitrogens with one attached hydrogen (secondary N) is 1. The summed E-state index contributed by atoms with van der Waals surface area (Å²) in [5.41, 5.74) is 2.20. The second-order valence-corrected chi connectivity index (χ2v) is 4.96. The molecule has 1 N–H and O–H groups in total. The van der Waals surface area contributed by atoms with E-state index >= 15 is 0 Å². The third-order valence-corrected chi connectivity index (χ3v) is 3.56. The number of halogens is 2. The largest absolute Gasteiger partial charge is 0.325 e. The van der Waals surface area contributed by atoms with Crippen LogP contribution in [0.15, 0.2) is 53.5 Å². The predicted octanol–water partition coefficient (Wildman–Crippen LogP) is 3.62. The second-order valence-electron chi connectivity index (χ2n) is 4.96. The standard InChI is InChI=1S/C17H16FN3O.ClH/c1-2-12-7-3-5-9-14(12)20-17-19-11-16(22)21(17)15-10-6-4-8-13(15)18;/h3-10H,2,11H2,1H3,(H,19,20);1H. The lowest BCUT2D eigenvalue weighted by Crippen LogP contribution is -2.37. The van der Waals surface area contributed by atoms with Crippen LogP contribution in [0.25, 0.3) is 0 Å². The fourth-order valence-corrected chi connectivity index (χ4v) is 2.45. The minimum absolute atomic E-state index is 0. The highest BCUT2D eigenvalue weighted by Gasteiger charge is 2.29. The Hall–Kier alpha value is -2.40. The zero-order chi connectivity index (χ0) is 15.5. The molecule has 0 saturated carbocycles. The van der Waals surface area contributed by atoms with E-state index < -0.39 is 5.82 Å². The van der Waals surface area contributed by atoms with Crippen molar-refractivity contribution in [2.24, 2.45) is 4.99 Å². The quantitative estimate of drug-likeness (QED) is 0.932. The van der Waals surface area contributed by atoms with E-state index in [0.717, 1.165) is 17.7 Å². The highest BCUT2D eigenvalue weighted by atomic mass is 35.5. The number of para-hydroxylation sites is 2. The average Bonchev–Trinajstić information content (AvgIpc) is 2.89. The monoisotopic (exact) mass is 333 g/mol. The first-order chi connectivity index (χ1) is 10.7. The molecule has 2 aromatic carbocycles. The topological polar surface area (TPSA) is 44.7 Å². The van der Waals surface area contributed by atoms with Crippen LogP contribution in [-0.4, -0.2) is 18.4 Å². The normalized spacial score (nSPS) is 13.6. The van der Waals surface area contributed by atoms with Gasteiger partial charge in [0.15, 0.2) is 0 Å². The first kappa shape index (κ1) is 17.0. The number of hydrogen-bond donors (Lipinski definition) is 1. The summed E-state index contributed by atoms with van der Waals surface area (Å²) < 4.78 is 14.0. The summed E-state index contributed by atoms with van der Waals surface area (Å²) in [5.74, 6) is -0.339. The van der Waals surface area contributed by atoms with Crippen molar-refractivity contribution in [3.05, 3.63) is 59.9 Å². The summed E-state index contributed by atoms with van der Waals surface area (Å²) in [6.45, 7) is 2.07. The third kappa shape index (κ3) is 3.35. The van der Waals surface area contributed by atoms with E-state index in [0.29, 0.717) is 5.96 Å². The van der Waals surface area contributed by atoms with E-state index in [1.54, 1.807) is 18.2 Å². The molecule has 2 aromatic rings. The van der Waals surface area contributed by atoms with Crippen LogP contribution < -0.4 is 10.2 Å². The van der Waals surface area contributed by atoms with Crippen LogP contribution in [-0.2, 0) is 11.2 Å². The molecule has 0 spiro atoms. The van der Waals surface area contributed by atoms with E-state index in [4.69, 9.17) is 0 Å². The van der Waals surface area contributed by atoms with Crippen LogP contribution in [0.1, 0.15) is 12.5 Å². The Morgan fingerprint density at radius 3 is 2.61 bits per heavy atom. The molecule has 0 radical (unpaired) electrons. The highest BCUT2D eigenvalue weighted by Crippen LogP contribution is 2.24. The fourth-order valence-electron chi connectivity index (χ4n) is 2.45. The molecule has 0 aliphatic carbocycles. The van der Waals surface area contributed by atoms with Gasteiger partial charge in [-0.1, -0.05) is 37.3 Å². The molecule has 23 heavy (non-hydrogen) atoms. The van der Waals surface area contributed by atoms with Gasteiger partial charge >= 0.3 is 0 Å². The Kier molecular flexibility index (Phi) is 5.34. The predicted molar refractivity (Wildman–Crippen MR) is 92.9 cm³/mol. The minimum atomic E-state index is -0.448. The van der Waals surface area contributed by atoms with Gasteiger partial charge in [-0.05, 0) is 30.2 Å². The molecule has 3 rings (SSSR count). The number of nitrogens with zero attached hydrogens (tertiary/aromatic N) is 2. The van der Waals surface area contributed by atoms with Crippen molar-refractivity contribution in [2.75, 3.05) is 16.8 Å². The van der Waals surface area contributed by atoms with Crippen molar-refractivity contribution in [2.45, 2.75) is 13.3 Å². The molecule has 0 aromatic heterocycles. The molecular formula is C17H17ClFN3O. The molecule has 1 heterocycles. The first-order valence-electron chi connectivity index (χ1n) is 7.17. The number of amides is 1. The van der Waals surface area contributed by atoms with Crippen molar-refractivity contribution >= 4 is 35.6 Å². The second kappa shape index (κ2) is 7.24. The van der Waals surface area contributed by atoms with Gasteiger partial charge in [0.05, 0.1) is 5.69 Å². The molecule has 0 atom stereocenters. The lowest BCUT2D eigenvalue weighted by Gasteiger charge is -2.21. The Balaban J connectivity index is 0.00000192. The van der Waals surface area contributed by atoms with Gasteiger partial charge in [0.1, 0.15) is 12.4 Å². The number of anilines is 2. The zero-order valence-electron chi connectivity index (χ0n) is 12.6. The number of guanidine groups is 1. The van der Waals surface area contributed by atoms with Gasteiger partial charge in [0.25, 0.3) is 5.91 Å². The van der Waals surface area contributed by atoms with Crippen molar-refractivity contribution in [3.8, 4) is 0 Å². The van der Waals surface area contributed by atoms with Gasteiger partial charge < -0.3 is 5.32 Å². The van der Waals surface area contributed by atoms with Gasteiger partial charge in [-0.2, -0.15) is 0 Å². The Bertz CT molecular complexity index is 748. The Morgan fingerprint density at radius 2 is 1.87 bits per heavy atom. The highest BCUT2D eigenvalue weighted by molar-refractivity contribution is 6.24. The van der Waals surface area contributed by atoms with Crippen LogP contribution in [0.3, 0.4) is 0 Å². The Labute approximate surface area is 140 Å². The molecule has 6 heteroatoms. The van der Waals surface area contributed by atoms with Gasteiger partial charge in [0, 0.05) is 5.69 Å². The maximum atomic E-state index is 14.0. The third-order valence-electron chi connectivity index (χ3n) is 3.56. The molecule has 120 valence electrons. The van der Waals surface area contributed by atoms with Crippen LogP contribution >= 0.6 is 12.4 Å². The number of hydrogen-bond acceptors (Lipinski definition) is 3. The molecule has 0 unspecified atom stereocenters. The van der Waals surface area contributed by atoms with Gasteiger partial charge in [-0.25, -0.2) is 14.3 Å². The summed E-state index contributed by atoms with van der Waals surface area (Å²) in [5, 5.41) is 3.16. The first-order valence-corrected chi connectivity index (χ1v) is 7.17. The van der Waals surface area contributed by atoms with Crippen molar-refractivity contribution < 1.29 is 9.18 Å². The van der Waals surface area contributed by atoms with Crippen molar-refractivity contribution in [1.82, 2.24) is 0 Å².